The molecule has 21 heavy (non-hydrogen) atoms. The molecule has 0 aromatic heterocycles. The average molecular weight is 283 g/mol. The van der Waals surface area contributed by atoms with Gasteiger partial charge in [-0.25, -0.2) is 0 Å². The predicted molar refractivity (Wildman–Crippen MR) is 86.5 cm³/mol. The third kappa shape index (κ3) is 3.43. The molecule has 0 saturated carbocycles. The molecule has 0 heterocycles. The van der Waals surface area contributed by atoms with Crippen molar-refractivity contribution in [3.05, 3.63) is 48.5 Å². The first-order chi connectivity index (χ1) is 9.93. The highest BCUT2D eigenvalue weighted by molar-refractivity contribution is 5.97. The molecule has 1 N–H and O–H groups in total. The van der Waals surface area contributed by atoms with Crippen LogP contribution in [0.2, 0.25) is 0 Å². The number of carbonyl (C=O) groups excluding carboxylic acids is 1. The van der Waals surface area contributed by atoms with Crippen molar-refractivity contribution in [2.45, 2.75) is 20.8 Å². The van der Waals surface area contributed by atoms with Crippen molar-refractivity contribution >= 4 is 11.6 Å². The van der Waals surface area contributed by atoms with Crippen molar-refractivity contribution in [1.29, 1.82) is 0 Å². The minimum Gasteiger partial charge on any atom is -0.494 e. The number of hydrogen-bond donors (Lipinski definition) is 1. The molecule has 2 rings (SSSR count). The molecule has 0 unspecified atom stereocenters. The third-order valence-electron chi connectivity index (χ3n) is 3.23. The molecule has 0 aliphatic rings. The number of carbonyl (C=O) groups is 1. The quantitative estimate of drug-likeness (QED) is 0.909. The van der Waals surface area contributed by atoms with Crippen LogP contribution < -0.4 is 10.1 Å². The van der Waals surface area contributed by atoms with Crippen molar-refractivity contribution in [3.8, 4) is 16.9 Å². The highest BCUT2D eigenvalue weighted by Crippen LogP contribution is 2.36. The highest BCUT2D eigenvalue weighted by atomic mass is 16.5. The zero-order chi connectivity index (χ0) is 15.5. The first kappa shape index (κ1) is 15.1. The summed E-state index contributed by atoms with van der Waals surface area (Å²) in [4.78, 5) is 12.2. The van der Waals surface area contributed by atoms with E-state index in [0.29, 0.717) is 11.4 Å². The summed E-state index contributed by atoms with van der Waals surface area (Å²) in [6.07, 6.45) is 0. The van der Waals surface area contributed by atoms with E-state index in [1.165, 1.54) is 0 Å². The van der Waals surface area contributed by atoms with Gasteiger partial charge < -0.3 is 10.1 Å². The second-order valence-electron chi connectivity index (χ2n) is 5.96. The number of hydrogen-bond acceptors (Lipinski definition) is 2. The lowest BCUT2D eigenvalue weighted by atomic mass is 9.95. The maximum absolute atomic E-state index is 12.2. The van der Waals surface area contributed by atoms with Gasteiger partial charge in [0.05, 0.1) is 12.8 Å². The lowest BCUT2D eigenvalue weighted by molar-refractivity contribution is -0.123. The monoisotopic (exact) mass is 283 g/mol. The lowest BCUT2D eigenvalue weighted by Crippen LogP contribution is -2.27. The molecule has 0 fully saturated rings. The summed E-state index contributed by atoms with van der Waals surface area (Å²) in [5, 5.41) is 2.95. The molecule has 0 bridgehead atoms. The number of amides is 1. The van der Waals surface area contributed by atoms with Gasteiger partial charge in [-0.1, -0.05) is 63.2 Å². The van der Waals surface area contributed by atoms with Gasteiger partial charge in [-0.3, -0.25) is 4.79 Å². The molecular formula is C18H21NO2. The SMILES string of the molecule is COc1c(NC(=O)C(C)(C)C)cccc1-c1ccccc1. The smallest absolute Gasteiger partial charge is 0.229 e. The van der Waals surface area contributed by atoms with Gasteiger partial charge in [-0.05, 0) is 11.6 Å². The summed E-state index contributed by atoms with van der Waals surface area (Å²) < 4.78 is 5.53. The van der Waals surface area contributed by atoms with E-state index in [1.807, 2.05) is 69.3 Å². The molecule has 1 amide bonds. The van der Waals surface area contributed by atoms with Crippen LogP contribution in [0, 0.1) is 5.41 Å². The minimum atomic E-state index is -0.451. The van der Waals surface area contributed by atoms with E-state index < -0.39 is 5.41 Å². The minimum absolute atomic E-state index is 0.0361. The van der Waals surface area contributed by atoms with Crippen LogP contribution in [0.15, 0.2) is 48.5 Å². The van der Waals surface area contributed by atoms with Crippen LogP contribution in [0.4, 0.5) is 5.69 Å². The first-order valence-electron chi connectivity index (χ1n) is 6.97. The van der Waals surface area contributed by atoms with Gasteiger partial charge in [0.15, 0.2) is 0 Å². The molecule has 3 nitrogen and oxygen atoms in total. The van der Waals surface area contributed by atoms with Gasteiger partial charge in [0.25, 0.3) is 0 Å². The Bertz CT molecular complexity index is 627. The molecular weight excluding hydrogens is 262 g/mol. The zero-order valence-electron chi connectivity index (χ0n) is 12.9. The van der Waals surface area contributed by atoms with E-state index in [1.54, 1.807) is 7.11 Å². The average Bonchev–Trinajstić information content (AvgIpc) is 2.47. The molecule has 3 heteroatoms. The molecule has 0 radical (unpaired) electrons. The summed E-state index contributed by atoms with van der Waals surface area (Å²) in [6.45, 7) is 5.65. The van der Waals surface area contributed by atoms with Gasteiger partial charge >= 0.3 is 0 Å². The van der Waals surface area contributed by atoms with Crippen LogP contribution in [0.3, 0.4) is 0 Å². The number of para-hydroxylation sites is 1. The summed E-state index contributed by atoms with van der Waals surface area (Å²) in [5.41, 5.74) is 2.26. The standard InChI is InChI=1S/C18H21NO2/c1-18(2,3)17(20)19-15-12-8-11-14(16(15)21-4)13-9-6-5-7-10-13/h5-12H,1-4H3,(H,19,20). The Balaban J connectivity index is 2.43. The number of benzene rings is 2. The van der Waals surface area contributed by atoms with Crippen molar-refractivity contribution in [2.75, 3.05) is 12.4 Å². The summed E-state index contributed by atoms with van der Waals surface area (Å²) >= 11 is 0. The highest BCUT2D eigenvalue weighted by Gasteiger charge is 2.23. The van der Waals surface area contributed by atoms with Gasteiger partial charge in [-0.15, -0.1) is 0 Å². The second-order valence-corrected chi connectivity index (χ2v) is 5.96. The molecule has 0 aliphatic carbocycles. The van der Waals surface area contributed by atoms with Crippen molar-refractivity contribution in [1.82, 2.24) is 0 Å². The third-order valence-corrected chi connectivity index (χ3v) is 3.23. The molecule has 0 atom stereocenters. The summed E-state index contributed by atoms with van der Waals surface area (Å²) in [5.74, 6) is 0.646. The Morgan fingerprint density at radius 3 is 2.24 bits per heavy atom. The molecule has 0 saturated heterocycles. The fourth-order valence-corrected chi connectivity index (χ4v) is 2.01. The van der Waals surface area contributed by atoms with E-state index in [4.69, 9.17) is 4.74 Å². The molecule has 0 aliphatic heterocycles. The summed E-state index contributed by atoms with van der Waals surface area (Å²) in [6, 6.07) is 15.7. The topological polar surface area (TPSA) is 38.3 Å². The fourth-order valence-electron chi connectivity index (χ4n) is 2.01. The van der Waals surface area contributed by atoms with E-state index in [9.17, 15) is 4.79 Å². The molecule has 110 valence electrons. The predicted octanol–water partition coefficient (Wildman–Crippen LogP) is 4.35. The van der Waals surface area contributed by atoms with Gasteiger partial charge in [0.1, 0.15) is 5.75 Å². The Morgan fingerprint density at radius 2 is 1.67 bits per heavy atom. The number of nitrogens with one attached hydrogen (secondary N) is 1. The maximum Gasteiger partial charge on any atom is 0.229 e. The largest absolute Gasteiger partial charge is 0.494 e. The van der Waals surface area contributed by atoms with E-state index in [0.717, 1.165) is 11.1 Å². The van der Waals surface area contributed by atoms with Gasteiger partial charge in [0.2, 0.25) is 5.91 Å². The van der Waals surface area contributed by atoms with Crippen LogP contribution in [-0.2, 0) is 4.79 Å². The maximum atomic E-state index is 12.2. The number of ether oxygens (including phenoxy) is 1. The van der Waals surface area contributed by atoms with Crippen molar-refractivity contribution in [2.24, 2.45) is 5.41 Å². The van der Waals surface area contributed by atoms with Crippen LogP contribution in [0.25, 0.3) is 11.1 Å². The van der Waals surface area contributed by atoms with Gasteiger partial charge in [-0.2, -0.15) is 0 Å². The van der Waals surface area contributed by atoms with E-state index in [-0.39, 0.29) is 5.91 Å². The number of anilines is 1. The molecule has 2 aromatic carbocycles. The lowest BCUT2D eigenvalue weighted by Gasteiger charge is -2.20. The van der Waals surface area contributed by atoms with Crippen LogP contribution >= 0.6 is 0 Å². The Kier molecular flexibility index (Phi) is 4.32. The molecule has 2 aromatic rings. The van der Waals surface area contributed by atoms with Crippen LogP contribution in [0.5, 0.6) is 5.75 Å². The first-order valence-corrected chi connectivity index (χ1v) is 6.97. The number of methoxy groups -OCH3 is 1. The second kappa shape index (κ2) is 6.00. The zero-order valence-corrected chi connectivity index (χ0v) is 12.9. The van der Waals surface area contributed by atoms with E-state index >= 15 is 0 Å². The van der Waals surface area contributed by atoms with Gasteiger partial charge in [0, 0.05) is 11.0 Å². The normalized spacial score (nSPS) is 11.0. The number of rotatable bonds is 3. The van der Waals surface area contributed by atoms with Crippen LogP contribution in [-0.4, -0.2) is 13.0 Å². The molecule has 0 spiro atoms. The Morgan fingerprint density at radius 1 is 1.00 bits per heavy atom. The van der Waals surface area contributed by atoms with Crippen molar-refractivity contribution in [3.63, 3.8) is 0 Å². The van der Waals surface area contributed by atoms with E-state index in [2.05, 4.69) is 5.32 Å². The summed E-state index contributed by atoms with van der Waals surface area (Å²) in [7, 11) is 1.62. The van der Waals surface area contributed by atoms with Crippen LogP contribution in [0.1, 0.15) is 20.8 Å². The van der Waals surface area contributed by atoms with Crippen molar-refractivity contribution < 1.29 is 9.53 Å². The Hall–Kier alpha value is -2.29. The Labute approximate surface area is 126 Å². The fraction of sp³-hybridized carbons (Fsp3) is 0.278.